The largest absolute Gasteiger partial charge is 0.444 e. The van der Waals surface area contributed by atoms with Crippen LogP contribution in [-0.2, 0) is 22.1 Å². The van der Waals surface area contributed by atoms with Gasteiger partial charge in [0.1, 0.15) is 5.60 Å². The molecule has 164 valence electrons. The Morgan fingerprint density at radius 1 is 1.31 bits per heavy atom. The molecule has 1 saturated heterocycles. The van der Waals surface area contributed by atoms with Crippen molar-refractivity contribution in [2.75, 3.05) is 20.2 Å². The van der Waals surface area contributed by atoms with Crippen molar-refractivity contribution in [3.8, 4) is 0 Å². The second-order valence-electron chi connectivity index (χ2n) is 7.83. The van der Waals surface area contributed by atoms with Crippen molar-refractivity contribution >= 4 is 12.0 Å². The van der Waals surface area contributed by atoms with E-state index in [-0.39, 0.29) is 18.7 Å². The summed E-state index contributed by atoms with van der Waals surface area (Å²) in [7, 11) is 1.44. The van der Waals surface area contributed by atoms with Crippen LogP contribution in [0.1, 0.15) is 56.1 Å². The van der Waals surface area contributed by atoms with Gasteiger partial charge in [0.2, 0.25) is 0 Å². The summed E-state index contributed by atoms with van der Waals surface area (Å²) in [5.41, 5.74) is -1.88. The quantitative estimate of drug-likeness (QED) is 0.781. The minimum atomic E-state index is -4.64. The summed E-state index contributed by atoms with van der Waals surface area (Å²) in [6.45, 7) is 7.31. The maximum atomic E-state index is 13.0. The first kappa shape index (κ1) is 23.0. The lowest BCUT2D eigenvalue weighted by molar-refractivity contribution is -0.141. The fourth-order valence-electron chi connectivity index (χ4n) is 3.06. The number of carbonyl (C=O) groups excluding carboxylic acids is 2. The number of amides is 2. The molecule has 1 aromatic heterocycles. The Bertz CT molecular complexity index is 742. The van der Waals surface area contributed by atoms with Crippen molar-refractivity contribution in [2.45, 2.75) is 64.5 Å². The minimum absolute atomic E-state index is 0.0596. The van der Waals surface area contributed by atoms with Gasteiger partial charge in [-0.1, -0.05) is 6.92 Å². The second-order valence-corrected chi connectivity index (χ2v) is 7.83. The number of aromatic amines is 1. The van der Waals surface area contributed by atoms with Crippen LogP contribution in [0.15, 0.2) is 0 Å². The molecule has 1 aliphatic rings. The molecule has 2 N–H and O–H groups in total. The summed E-state index contributed by atoms with van der Waals surface area (Å²) in [5, 5.41) is 2.66. The predicted molar refractivity (Wildman–Crippen MR) is 97.4 cm³/mol. The highest BCUT2D eigenvalue weighted by Gasteiger charge is 2.39. The van der Waals surface area contributed by atoms with Crippen LogP contribution in [0.4, 0.5) is 18.0 Å². The highest BCUT2D eigenvalue weighted by atomic mass is 19.4. The first-order chi connectivity index (χ1) is 13.4. The summed E-state index contributed by atoms with van der Waals surface area (Å²) in [4.78, 5) is 32.0. The Kier molecular flexibility index (Phi) is 6.82. The van der Waals surface area contributed by atoms with Crippen molar-refractivity contribution in [3.05, 3.63) is 17.2 Å². The van der Waals surface area contributed by atoms with Crippen LogP contribution in [0, 0.1) is 0 Å². The second kappa shape index (κ2) is 8.60. The van der Waals surface area contributed by atoms with Crippen LogP contribution in [0.25, 0.3) is 0 Å². The molecule has 2 heterocycles. The number of rotatable bonds is 4. The number of H-pyrrole nitrogens is 1. The van der Waals surface area contributed by atoms with Crippen LogP contribution in [0.5, 0.6) is 0 Å². The first-order valence-corrected chi connectivity index (χ1v) is 9.33. The van der Waals surface area contributed by atoms with Gasteiger partial charge in [-0.3, -0.25) is 4.79 Å². The van der Waals surface area contributed by atoms with Gasteiger partial charge in [-0.05, 0) is 33.6 Å². The van der Waals surface area contributed by atoms with Crippen LogP contribution in [0.2, 0.25) is 0 Å². The van der Waals surface area contributed by atoms with Gasteiger partial charge < -0.3 is 24.7 Å². The molecule has 1 aromatic rings. The number of hydrogen-bond donors (Lipinski definition) is 2. The summed E-state index contributed by atoms with van der Waals surface area (Å²) in [6, 6.07) is -0.490. The van der Waals surface area contributed by atoms with Gasteiger partial charge >= 0.3 is 12.3 Å². The number of nitrogens with zero attached hydrogens (tertiary/aromatic N) is 2. The molecule has 2 atom stereocenters. The van der Waals surface area contributed by atoms with Crippen LogP contribution >= 0.6 is 0 Å². The molecule has 11 heteroatoms. The van der Waals surface area contributed by atoms with E-state index in [1.165, 1.54) is 18.9 Å². The van der Waals surface area contributed by atoms with Gasteiger partial charge in [-0.25, -0.2) is 9.78 Å². The molecule has 2 rings (SSSR count). The number of halogens is 3. The van der Waals surface area contributed by atoms with Gasteiger partial charge in [0.15, 0.2) is 11.5 Å². The molecule has 0 bridgehead atoms. The molecule has 1 fully saturated rings. The Morgan fingerprint density at radius 3 is 2.45 bits per heavy atom. The smallest absolute Gasteiger partial charge is 0.435 e. The molecule has 1 aliphatic heterocycles. The number of hydrogen-bond acceptors (Lipinski definition) is 5. The van der Waals surface area contributed by atoms with E-state index in [1.807, 2.05) is 0 Å². The molecule has 0 saturated carbocycles. The van der Waals surface area contributed by atoms with Crippen LogP contribution < -0.4 is 5.32 Å². The number of piperidine rings is 1. The SMILES string of the molecule is CCc1[nH]c(C(=O)N[C@H]2CCN(C(=O)OC(C)(C)C)C[C@H]2OC)nc1C(F)(F)F. The third-order valence-electron chi connectivity index (χ3n) is 4.45. The van der Waals surface area contributed by atoms with E-state index in [4.69, 9.17) is 9.47 Å². The molecular weight excluding hydrogens is 393 g/mol. The molecule has 0 unspecified atom stereocenters. The molecule has 29 heavy (non-hydrogen) atoms. The van der Waals surface area contributed by atoms with E-state index in [0.29, 0.717) is 13.0 Å². The lowest BCUT2D eigenvalue weighted by Gasteiger charge is -2.38. The van der Waals surface area contributed by atoms with E-state index in [9.17, 15) is 22.8 Å². The summed E-state index contributed by atoms with van der Waals surface area (Å²) < 4.78 is 49.8. The lowest BCUT2D eigenvalue weighted by atomic mass is 10.0. The number of nitrogens with one attached hydrogen (secondary N) is 2. The number of ether oxygens (including phenoxy) is 2. The molecular formula is C18H27F3N4O4. The Labute approximate surface area is 167 Å². The third-order valence-corrected chi connectivity index (χ3v) is 4.45. The van der Waals surface area contributed by atoms with Crippen molar-refractivity contribution in [1.82, 2.24) is 20.2 Å². The predicted octanol–water partition coefficient (Wildman–Crippen LogP) is 2.75. The average Bonchev–Trinajstić information content (AvgIpc) is 3.05. The number of carbonyl (C=O) groups is 2. The van der Waals surface area contributed by atoms with E-state index >= 15 is 0 Å². The van der Waals surface area contributed by atoms with Crippen molar-refractivity contribution < 1.29 is 32.2 Å². The maximum absolute atomic E-state index is 13.0. The zero-order valence-electron chi connectivity index (χ0n) is 17.1. The van der Waals surface area contributed by atoms with Crippen molar-refractivity contribution in [3.63, 3.8) is 0 Å². The van der Waals surface area contributed by atoms with Gasteiger partial charge in [0, 0.05) is 19.3 Å². The van der Waals surface area contributed by atoms with Gasteiger partial charge in [0.05, 0.1) is 18.7 Å². The number of likely N-dealkylation sites (tertiary alicyclic amines) is 1. The molecule has 0 radical (unpaired) electrons. The van der Waals surface area contributed by atoms with Crippen LogP contribution in [0.3, 0.4) is 0 Å². The fourth-order valence-corrected chi connectivity index (χ4v) is 3.06. The normalized spacial score (nSPS) is 20.5. The summed E-state index contributed by atoms with van der Waals surface area (Å²) >= 11 is 0. The summed E-state index contributed by atoms with van der Waals surface area (Å²) in [6.07, 6.45) is -5.25. The molecule has 2 amide bonds. The number of imidazole rings is 1. The Balaban J connectivity index is 2.06. The van der Waals surface area contributed by atoms with Crippen LogP contribution in [-0.4, -0.2) is 64.8 Å². The molecule has 0 aliphatic carbocycles. The van der Waals surface area contributed by atoms with E-state index in [0.717, 1.165) is 0 Å². The van der Waals surface area contributed by atoms with E-state index in [2.05, 4.69) is 15.3 Å². The molecule has 8 nitrogen and oxygen atoms in total. The Hall–Kier alpha value is -2.30. The standard InChI is InChI=1S/C18H27F3N4O4/c1-6-10-13(18(19,20)21)24-14(22-10)15(26)23-11-7-8-25(9-12(11)28-5)16(27)29-17(2,3)4/h11-12H,6-9H2,1-5H3,(H,22,24)(H,23,26)/t11-,12+/m0/s1. The molecule has 0 aromatic carbocycles. The first-order valence-electron chi connectivity index (χ1n) is 9.33. The van der Waals surface area contributed by atoms with E-state index < -0.39 is 47.4 Å². The van der Waals surface area contributed by atoms with Gasteiger partial charge in [-0.15, -0.1) is 0 Å². The highest BCUT2D eigenvalue weighted by molar-refractivity contribution is 5.91. The zero-order valence-corrected chi connectivity index (χ0v) is 17.1. The van der Waals surface area contributed by atoms with Crippen molar-refractivity contribution in [1.29, 1.82) is 0 Å². The summed E-state index contributed by atoms with van der Waals surface area (Å²) in [5.74, 6) is -1.16. The number of methoxy groups -OCH3 is 1. The highest BCUT2D eigenvalue weighted by Crippen LogP contribution is 2.30. The monoisotopic (exact) mass is 420 g/mol. The number of alkyl halides is 3. The topological polar surface area (TPSA) is 96.6 Å². The Morgan fingerprint density at radius 2 is 1.97 bits per heavy atom. The third kappa shape index (κ3) is 5.84. The van der Waals surface area contributed by atoms with E-state index in [1.54, 1.807) is 20.8 Å². The molecule has 0 spiro atoms. The lowest BCUT2D eigenvalue weighted by Crippen LogP contribution is -2.56. The zero-order chi connectivity index (χ0) is 22.0. The number of aryl methyl sites for hydroxylation is 1. The maximum Gasteiger partial charge on any atom is 0.435 e. The fraction of sp³-hybridized carbons (Fsp3) is 0.722. The van der Waals surface area contributed by atoms with Crippen molar-refractivity contribution in [2.24, 2.45) is 0 Å². The van der Waals surface area contributed by atoms with Gasteiger partial charge in [0.25, 0.3) is 5.91 Å². The number of aromatic nitrogens is 2. The minimum Gasteiger partial charge on any atom is -0.444 e. The average molecular weight is 420 g/mol. The van der Waals surface area contributed by atoms with Gasteiger partial charge in [-0.2, -0.15) is 13.2 Å².